The lowest BCUT2D eigenvalue weighted by Crippen LogP contribution is -2.37. The number of nitrogens with zero attached hydrogens (tertiary/aromatic N) is 1. The molecule has 1 aromatic carbocycles. The quantitative estimate of drug-likeness (QED) is 0.687. The minimum atomic E-state index is -3.42. The molecule has 0 radical (unpaired) electrons. The summed E-state index contributed by atoms with van der Waals surface area (Å²) in [5, 5.41) is 2.93. The first kappa shape index (κ1) is 21.3. The molecule has 0 bridgehead atoms. The SMILES string of the molecule is CCOc1ccc(N(CCCC(=O)NC(C)C(C)C)S(C)(=O)=O)cc1. The van der Waals surface area contributed by atoms with Crippen molar-refractivity contribution in [3.8, 4) is 5.75 Å². The minimum Gasteiger partial charge on any atom is -0.494 e. The van der Waals surface area contributed by atoms with Gasteiger partial charge in [-0.2, -0.15) is 0 Å². The van der Waals surface area contributed by atoms with Gasteiger partial charge in [0.2, 0.25) is 15.9 Å². The van der Waals surface area contributed by atoms with E-state index >= 15 is 0 Å². The van der Waals surface area contributed by atoms with E-state index in [4.69, 9.17) is 4.74 Å². The maximum Gasteiger partial charge on any atom is 0.232 e. The Bertz CT molecular complexity index is 642. The highest BCUT2D eigenvalue weighted by atomic mass is 32.2. The largest absolute Gasteiger partial charge is 0.494 e. The van der Waals surface area contributed by atoms with Gasteiger partial charge < -0.3 is 10.1 Å². The fourth-order valence-corrected chi connectivity index (χ4v) is 3.20. The Morgan fingerprint density at radius 1 is 1.20 bits per heavy atom. The van der Waals surface area contributed by atoms with Gasteiger partial charge in [-0.1, -0.05) is 13.8 Å². The number of anilines is 1. The molecule has 1 N–H and O–H groups in total. The van der Waals surface area contributed by atoms with Gasteiger partial charge in [0.05, 0.1) is 18.6 Å². The fraction of sp³-hybridized carbons (Fsp3) is 0.611. The molecule has 1 aromatic rings. The van der Waals surface area contributed by atoms with Crippen LogP contribution in [0.15, 0.2) is 24.3 Å². The highest BCUT2D eigenvalue weighted by Crippen LogP contribution is 2.22. The summed E-state index contributed by atoms with van der Waals surface area (Å²) in [6.07, 6.45) is 1.92. The zero-order valence-electron chi connectivity index (χ0n) is 15.8. The van der Waals surface area contributed by atoms with Crippen LogP contribution in [-0.4, -0.2) is 39.8 Å². The molecule has 0 aliphatic rings. The maximum atomic E-state index is 12.1. The van der Waals surface area contributed by atoms with E-state index in [1.807, 2.05) is 27.7 Å². The van der Waals surface area contributed by atoms with Gasteiger partial charge in [-0.05, 0) is 50.5 Å². The van der Waals surface area contributed by atoms with E-state index < -0.39 is 10.0 Å². The zero-order valence-corrected chi connectivity index (χ0v) is 16.6. The topological polar surface area (TPSA) is 75.7 Å². The smallest absolute Gasteiger partial charge is 0.232 e. The van der Waals surface area contributed by atoms with Crippen molar-refractivity contribution in [2.45, 2.75) is 46.6 Å². The second-order valence-corrected chi connectivity index (χ2v) is 8.37. The van der Waals surface area contributed by atoms with E-state index in [0.29, 0.717) is 36.8 Å². The molecule has 1 amide bonds. The molecule has 0 spiro atoms. The van der Waals surface area contributed by atoms with Crippen molar-refractivity contribution in [1.29, 1.82) is 0 Å². The average Bonchev–Trinajstić information content (AvgIpc) is 2.51. The first-order valence-corrected chi connectivity index (χ1v) is 10.5. The molecule has 0 aliphatic heterocycles. The summed E-state index contributed by atoms with van der Waals surface area (Å²) in [7, 11) is -3.42. The number of rotatable bonds is 10. The summed E-state index contributed by atoms with van der Waals surface area (Å²) in [5.41, 5.74) is 0.571. The van der Waals surface area contributed by atoms with Crippen LogP contribution in [0.3, 0.4) is 0 Å². The Balaban J connectivity index is 2.67. The fourth-order valence-electron chi connectivity index (χ4n) is 2.24. The normalized spacial score (nSPS) is 12.7. The Labute approximate surface area is 151 Å². The Kier molecular flexibility index (Phi) is 8.22. The highest BCUT2D eigenvalue weighted by molar-refractivity contribution is 7.92. The van der Waals surface area contributed by atoms with Gasteiger partial charge in [-0.3, -0.25) is 9.10 Å². The van der Waals surface area contributed by atoms with Gasteiger partial charge in [0.1, 0.15) is 5.75 Å². The molecule has 142 valence electrons. The lowest BCUT2D eigenvalue weighted by Gasteiger charge is -2.23. The number of carbonyl (C=O) groups is 1. The van der Waals surface area contributed by atoms with Crippen molar-refractivity contribution in [1.82, 2.24) is 5.32 Å². The number of hydrogen-bond acceptors (Lipinski definition) is 4. The van der Waals surface area contributed by atoms with Crippen molar-refractivity contribution < 1.29 is 17.9 Å². The molecule has 1 rings (SSSR count). The molecule has 0 fully saturated rings. The molecular weight excluding hydrogens is 340 g/mol. The van der Waals surface area contributed by atoms with Crippen LogP contribution < -0.4 is 14.4 Å². The van der Waals surface area contributed by atoms with Crippen LogP contribution in [0.4, 0.5) is 5.69 Å². The summed E-state index contributed by atoms with van der Waals surface area (Å²) < 4.78 is 30.9. The first-order chi connectivity index (χ1) is 11.6. The van der Waals surface area contributed by atoms with E-state index in [9.17, 15) is 13.2 Å². The zero-order chi connectivity index (χ0) is 19.0. The Morgan fingerprint density at radius 2 is 1.80 bits per heavy atom. The second-order valence-electron chi connectivity index (χ2n) is 6.47. The van der Waals surface area contributed by atoms with Crippen LogP contribution >= 0.6 is 0 Å². The molecule has 0 heterocycles. The van der Waals surface area contributed by atoms with Crippen molar-refractivity contribution in [2.75, 3.05) is 23.7 Å². The van der Waals surface area contributed by atoms with E-state index in [1.54, 1.807) is 24.3 Å². The Hall–Kier alpha value is -1.76. The number of amides is 1. The molecule has 0 saturated heterocycles. The van der Waals surface area contributed by atoms with Crippen LogP contribution in [0.1, 0.15) is 40.5 Å². The van der Waals surface area contributed by atoms with E-state index in [0.717, 1.165) is 0 Å². The molecular formula is C18H30N2O4S. The number of ether oxygens (including phenoxy) is 1. The highest BCUT2D eigenvalue weighted by Gasteiger charge is 2.18. The van der Waals surface area contributed by atoms with Crippen molar-refractivity contribution in [2.24, 2.45) is 5.92 Å². The molecule has 1 unspecified atom stereocenters. The summed E-state index contributed by atoms with van der Waals surface area (Å²) in [6.45, 7) is 8.76. The molecule has 0 aliphatic carbocycles. The summed E-state index contributed by atoms with van der Waals surface area (Å²) in [6, 6.07) is 7.02. The lowest BCUT2D eigenvalue weighted by molar-refractivity contribution is -0.122. The van der Waals surface area contributed by atoms with Crippen LogP contribution in [0.2, 0.25) is 0 Å². The lowest BCUT2D eigenvalue weighted by atomic mass is 10.1. The molecule has 1 atom stereocenters. The predicted molar refractivity (Wildman–Crippen MR) is 101 cm³/mol. The van der Waals surface area contributed by atoms with Gasteiger partial charge in [-0.15, -0.1) is 0 Å². The number of hydrogen-bond donors (Lipinski definition) is 1. The number of carbonyl (C=O) groups excluding carboxylic acids is 1. The van der Waals surface area contributed by atoms with Crippen LogP contribution in [0, 0.1) is 5.92 Å². The van der Waals surface area contributed by atoms with Crippen molar-refractivity contribution in [3.05, 3.63) is 24.3 Å². The number of sulfonamides is 1. The predicted octanol–water partition coefficient (Wildman–Crippen LogP) is 2.79. The molecule has 0 saturated carbocycles. The van der Waals surface area contributed by atoms with Crippen molar-refractivity contribution >= 4 is 21.6 Å². The van der Waals surface area contributed by atoms with Crippen LogP contribution in [0.25, 0.3) is 0 Å². The maximum absolute atomic E-state index is 12.1. The third-order valence-corrected chi connectivity index (χ3v) is 5.18. The molecule has 6 nitrogen and oxygen atoms in total. The summed E-state index contributed by atoms with van der Waals surface area (Å²) >= 11 is 0. The summed E-state index contributed by atoms with van der Waals surface area (Å²) in [5.74, 6) is 1.00. The monoisotopic (exact) mass is 370 g/mol. The number of nitrogens with one attached hydrogen (secondary N) is 1. The van der Waals surface area contributed by atoms with E-state index in [2.05, 4.69) is 5.32 Å². The van der Waals surface area contributed by atoms with Gasteiger partial charge in [-0.25, -0.2) is 8.42 Å². The van der Waals surface area contributed by atoms with Gasteiger partial charge in [0.15, 0.2) is 0 Å². The molecule has 0 aromatic heterocycles. The first-order valence-electron chi connectivity index (χ1n) is 8.65. The van der Waals surface area contributed by atoms with Gasteiger partial charge >= 0.3 is 0 Å². The standard InChI is InChI=1S/C18H30N2O4S/c1-6-24-17-11-9-16(10-12-17)20(25(5,22)23)13-7-8-18(21)19-15(4)14(2)3/h9-12,14-15H,6-8,13H2,1-5H3,(H,19,21). The molecule has 25 heavy (non-hydrogen) atoms. The minimum absolute atomic E-state index is 0.0543. The van der Waals surface area contributed by atoms with Crippen LogP contribution in [-0.2, 0) is 14.8 Å². The van der Waals surface area contributed by atoms with E-state index in [-0.39, 0.29) is 18.5 Å². The van der Waals surface area contributed by atoms with Gasteiger partial charge in [0.25, 0.3) is 0 Å². The third-order valence-electron chi connectivity index (χ3n) is 3.99. The van der Waals surface area contributed by atoms with Crippen LogP contribution in [0.5, 0.6) is 5.75 Å². The Morgan fingerprint density at radius 3 is 2.28 bits per heavy atom. The second kappa shape index (κ2) is 9.65. The van der Waals surface area contributed by atoms with Gasteiger partial charge in [0, 0.05) is 19.0 Å². The van der Waals surface area contributed by atoms with Crippen molar-refractivity contribution in [3.63, 3.8) is 0 Å². The average molecular weight is 371 g/mol. The molecule has 7 heteroatoms. The number of benzene rings is 1. The summed E-state index contributed by atoms with van der Waals surface area (Å²) in [4.78, 5) is 11.9. The third kappa shape index (κ3) is 7.34. The van der Waals surface area contributed by atoms with E-state index in [1.165, 1.54) is 10.6 Å².